The fraction of sp³-hybridized carbons (Fsp3) is 1.00. The van der Waals surface area contributed by atoms with Crippen molar-refractivity contribution in [3.05, 3.63) is 0 Å². The highest BCUT2D eigenvalue weighted by Crippen LogP contribution is 2.26. The van der Waals surface area contributed by atoms with Gasteiger partial charge in [0.2, 0.25) is 0 Å². The number of hydrogen-bond donors (Lipinski definition) is 1. The third-order valence-corrected chi connectivity index (χ3v) is 4.28. The van der Waals surface area contributed by atoms with Crippen LogP contribution in [0.4, 0.5) is 0 Å². The molecule has 1 saturated heterocycles. The molecule has 1 rings (SSSR count). The first-order valence-corrected chi connectivity index (χ1v) is 6.02. The summed E-state index contributed by atoms with van der Waals surface area (Å²) in [6, 6.07) is 0. The van der Waals surface area contributed by atoms with Crippen molar-refractivity contribution in [2.45, 2.75) is 45.2 Å². The molecular formula is C12H27N3. The highest BCUT2D eigenvalue weighted by atomic mass is 15.3. The summed E-state index contributed by atoms with van der Waals surface area (Å²) in [5.41, 5.74) is 6.36. The molecule has 3 nitrogen and oxygen atoms in total. The second-order valence-electron chi connectivity index (χ2n) is 5.71. The molecule has 0 amide bonds. The van der Waals surface area contributed by atoms with Crippen molar-refractivity contribution in [1.82, 2.24) is 9.80 Å². The van der Waals surface area contributed by atoms with E-state index in [1.54, 1.807) is 0 Å². The Morgan fingerprint density at radius 1 is 1.33 bits per heavy atom. The summed E-state index contributed by atoms with van der Waals surface area (Å²) in [5.74, 6) is 0. The molecule has 1 fully saturated rings. The maximum absolute atomic E-state index is 5.92. The number of nitrogens with zero attached hydrogens (tertiary/aromatic N) is 2. The molecule has 2 N–H and O–H groups in total. The van der Waals surface area contributed by atoms with Gasteiger partial charge in [-0.2, -0.15) is 0 Å². The lowest BCUT2D eigenvalue weighted by Gasteiger charge is -2.51. The van der Waals surface area contributed by atoms with Crippen molar-refractivity contribution in [2.75, 3.05) is 33.2 Å². The Hall–Kier alpha value is -0.120. The molecule has 1 unspecified atom stereocenters. The van der Waals surface area contributed by atoms with Crippen LogP contribution in [-0.4, -0.2) is 54.1 Å². The average Bonchev–Trinajstić information content (AvgIpc) is 2.21. The van der Waals surface area contributed by atoms with Crippen molar-refractivity contribution < 1.29 is 0 Å². The smallest absolute Gasteiger partial charge is 0.0302 e. The van der Waals surface area contributed by atoms with Gasteiger partial charge >= 0.3 is 0 Å². The van der Waals surface area contributed by atoms with Crippen LogP contribution in [0.15, 0.2) is 0 Å². The predicted octanol–water partition coefficient (Wildman–Crippen LogP) is 1.14. The Balaban J connectivity index is 2.74. The van der Waals surface area contributed by atoms with Crippen LogP contribution in [0.2, 0.25) is 0 Å². The number of hydrogen-bond acceptors (Lipinski definition) is 3. The highest BCUT2D eigenvalue weighted by molar-refractivity contribution is 4.96. The molecule has 1 atom stereocenters. The zero-order valence-corrected chi connectivity index (χ0v) is 11.0. The summed E-state index contributed by atoms with van der Waals surface area (Å²) in [7, 11) is 2.21. The first kappa shape index (κ1) is 12.9. The summed E-state index contributed by atoms with van der Waals surface area (Å²) in [6.07, 6.45) is 1.13. The van der Waals surface area contributed by atoms with Gasteiger partial charge in [0.25, 0.3) is 0 Å². The SMILES string of the molecule is CCC(C)(CN)N1CCN(C)C(C)(C)C1. The van der Waals surface area contributed by atoms with Crippen LogP contribution in [0.25, 0.3) is 0 Å². The lowest BCUT2D eigenvalue weighted by molar-refractivity contribution is -0.0166. The molecule has 0 spiro atoms. The molecule has 0 aromatic carbocycles. The molecule has 1 aliphatic heterocycles. The largest absolute Gasteiger partial charge is 0.329 e. The number of rotatable bonds is 3. The maximum Gasteiger partial charge on any atom is 0.0302 e. The van der Waals surface area contributed by atoms with E-state index in [9.17, 15) is 0 Å². The van der Waals surface area contributed by atoms with Crippen molar-refractivity contribution in [1.29, 1.82) is 0 Å². The summed E-state index contributed by atoms with van der Waals surface area (Å²) < 4.78 is 0. The minimum absolute atomic E-state index is 0.179. The fourth-order valence-corrected chi connectivity index (χ4v) is 2.20. The van der Waals surface area contributed by atoms with E-state index in [2.05, 4.69) is 44.5 Å². The molecule has 15 heavy (non-hydrogen) atoms. The molecule has 0 aromatic rings. The lowest BCUT2D eigenvalue weighted by Crippen LogP contribution is -2.64. The summed E-state index contributed by atoms with van der Waals surface area (Å²) in [5, 5.41) is 0. The monoisotopic (exact) mass is 213 g/mol. The second-order valence-corrected chi connectivity index (χ2v) is 5.71. The zero-order chi connectivity index (χ0) is 11.7. The Morgan fingerprint density at radius 2 is 1.93 bits per heavy atom. The van der Waals surface area contributed by atoms with Gasteiger partial charge in [0.05, 0.1) is 0 Å². The average molecular weight is 213 g/mol. The number of likely N-dealkylation sites (N-methyl/N-ethyl adjacent to an activating group) is 1. The van der Waals surface area contributed by atoms with E-state index in [0.717, 1.165) is 32.6 Å². The standard InChI is InChI=1S/C12H27N3/c1-6-12(4,9-13)15-8-7-14(5)11(2,3)10-15/h6-10,13H2,1-5H3. The lowest BCUT2D eigenvalue weighted by atomic mass is 9.90. The molecule has 1 heterocycles. The van der Waals surface area contributed by atoms with E-state index < -0.39 is 0 Å². The van der Waals surface area contributed by atoms with Crippen LogP contribution < -0.4 is 5.73 Å². The van der Waals surface area contributed by atoms with Crippen LogP contribution in [0.1, 0.15) is 34.1 Å². The van der Waals surface area contributed by atoms with E-state index in [1.807, 2.05) is 0 Å². The first-order valence-electron chi connectivity index (χ1n) is 6.02. The zero-order valence-electron chi connectivity index (χ0n) is 11.0. The fourth-order valence-electron chi connectivity index (χ4n) is 2.20. The van der Waals surface area contributed by atoms with E-state index in [-0.39, 0.29) is 11.1 Å². The molecule has 0 saturated carbocycles. The third kappa shape index (κ3) is 2.52. The summed E-state index contributed by atoms with van der Waals surface area (Å²) >= 11 is 0. The van der Waals surface area contributed by atoms with Crippen LogP contribution in [0, 0.1) is 0 Å². The van der Waals surface area contributed by atoms with Crippen molar-refractivity contribution in [2.24, 2.45) is 5.73 Å². The van der Waals surface area contributed by atoms with Crippen LogP contribution in [0.3, 0.4) is 0 Å². The first-order chi connectivity index (χ1) is 6.85. The van der Waals surface area contributed by atoms with E-state index in [1.165, 1.54) is 0 Å². The van der Waals surface area contributed by atoms with Crippen LogP contribution in [-0.2, 0) is 0 Å². The van der Waals surface area contributed by atoms with Crippen LogP contribution >= 0.6 is 0 Å². The summed E-state index contributed by atoms with van der Waals surface area (Å²) in [6.45, 7) is 13.3. The minimum atomic E-state index is 0.179. The molecule has 90 valence electrons. The van der Waals surface area contributed by atoms with Gasteiger partial charge in [-0.3, -0.25) is 9.80 Å². The van der Waals surface area contributed by atoms with Gasteiger partial charge in [-0.15, -0.1) is 0 Å². The minimum Gasteiger partial charge on any atom is -0.329 e. The normalized spacial score (nSPS) is 27.6. The molecule has 0 aromatic heterocycles. The second kappa shape index (κ2) is 4.40. The van der Waals surface area contributed by atoms with E-state index in [0.29, 0.717) is 0 Å². The van der Waals surface area contributed by atoms with Crippen molar-refractivity contribution in [3.8, 4) is 0 Å². The Morgan fingerprint density at radius 3 is 2.33 bits per heavy atom. The summed E-state index contributed by atoms with van der Waals surface area (Å²) in [4.78, 5) is 5.00. The molecular weight excluding hydrogens is 186 g/mol. The van der Waals surface area contributed by atoms with E-state index >= 15 is 0 Å². The van der Waals surface area contributed by atoms with Crippen LogP contribution in [0.5, 0.6) is 0 Å². The Kier molecular flexibility index (Phi) is 3.80. The van der Waals surface area contributed by atoms with Crippen molar-refractivity contribution in [3.63, 3.8) is 0 Å². The Labute approximate surface area is 94.6 Å². The van der Waals surface area contributed by atoms with Gasteiger partial charge in [-0.25, -0.2) is 0 Å². The van der Waals surface area contributed by atoms with E-state index in [4.69, 9.17) is 5.73 Å². The highest BCUT2D eigenvalue weighted by Gasteiger charge is 2.38. The molecule has 1 aliphatic rings. The maximum atomic E-state index is 5.92. The van der Waals surface area contributed by atoms with Gasteiger partial charge in [-0.1, -0.05) is 6.92 Å². The topological polar surface area (TPSA) is 32.5 Å². The van der Waals surface area contributed by atoms with Gasteiger partial charge in [0.15, 0.2) is 0 Å². The van der Waals surface area contributed by atoms with Gasteiger partial charge in [0, 0.05) is 37.3 Å². The third-order valence-electron chi connectivity index (χ3n) is 4.28. The quantitative estimate of drug-likeness (QED) is 0.763. The molecule has 0 radical (unpaired) electrons. The number of piperazine rings is 1. The van der Waals surface area contributed by atoms with Gasteiger partial charge in [0.1, 0.15) is 0 Å². The van der Waals surface area contributed by atoms with Crippen molar-refractivity contribution >= 4 is 0 Å². The molecule has 3 heteroatoms. The predicted molar refractivity (Wildman–Crippen MR) is 66.0 cm³/mol. The van der Waals surface area contributed by atoms with Gasteiger partial charge in [-0.05, 0) is 34.2 Å². The molecule has 0 bridgehead atoms. The Bertz CT molecular complexity index is 209. The number of nitrogens with two attached hydrogens (primary N) is 1. The molecule has 0 aliphatic carbocycles. The van der Waals surface area contributed by atoms with Gasteiger partial charge < -0.3 is 5.73 Å².